The van der Waals surface area contributed by atoms with Gasteiger partial charge >= 0.3 is 0 Å². The maximum atomic E-state index is 12.9. The molecule has 0 radical (unpaired) electrons. The van der Waals surface area contributed by atoms with E-state index in [9.17, 15) is 9.59 Å². The summed E-state index contributed by atoms with van der Waals surface area (Å²) in [5.41, 5.74) is 6.04. The van der Waals surface area contributed by atoms with Crippen LogP contribution in [0.1, 0.15) is 62.7 Å². The molecule has 1 N–H and O–H groups in total. The second-order valence-corrected chi connectivity index (χ2v) is 10.4. The predicted molar refractivity (Wildman–Crippen MR) is 149 cm³/mol. The Morgan fingerprint density at radius 2 is 1.87 bits per heavy atom. The van der Waals surface area contributed by atoms with Gasteiger partial charge in [0.25, 0.3) is 5.91 Å². The van der Waals surface area contributed by atoms with Crippen molar-refractivity contribution >= 4 is 23.2 Å². The Bertz CT molecular complexity index is 1420. The third-order valence-corrected chi connectivity index (χ3v) is 7.63. The van der Waals surface area contributed by atoms with E-state index in [4.69, 9.17) is 4.74 Å². The van der Waals surface area contributed by atoms with E-state index in [2.05, 4.69) is 53.6 Å². The molecule has 1 aromatic heterocycles. The average Bonchev–Trinajstić information content (AvgIpc) is 3.44. The van der Waals surface area contributed by atoms with Crippen LogP contribution in [-0.4, -0.2) is 28.2 Å². The Morgan fingerprint density at radius 3 is 2.63 bits per heavy atom. The Balaban J connectivity index is 1.29. The van der Waals surface area contributed by atoms with Crippen molar-refractivity contribution in [1.29, 1.82) is 0 Å². The maximum absolute atomic E-state index is 12.9. The number of ether oxygens (including phenoxy) is 1. The van der Waals surface area contributed by atoms with Crippen LogP contribution in [0, 0.1) is 6.92 Å². The van der Waals surface area contributed by atoms with Gasteiger partial charge in [0, 0.05) is 24.9 Å². The summed E-state index contributed by atoms with van der Waals surface area (Å²) >= 11 is 1.40. The van der Waals surface area contributed by atoms with E-state index in [-0.39, 0.29) is 24.5 Å². The van der Waals surface area contributed by atoms with Crippen LogP contribution >= 0.6 is 11.3 Å². The zero-order valence-electron chi connectivity index (χ0n) is 21.6. The molecule has 0 saturated carbocycles. The van der Waals surface area contributed by atoms with Gasteiger partial charge < -0.3 is 15.0 Å². The molecule has 1 aliphatic rings. The minimum atomic E-state index is -0.202. The summed E-state index contributed by atoms with van der Waals surface area (Å²) in [7, 11) is 0. The molecule has 2 heterocycles. The van der Waals surface area contributed by atoms with Crippen LogP contribution in [-0.2, 0) is 24.4 Å². The molecule has 1 atom stereocenters. The lowest BCUT2D eigenvalue weighted by Crippen LogP contribution is -2.40. The van der Waals surface area contributed by atoms with Crippen LogP contribution < -0.4 is 10.1 Å². The molecule has 0 unspecified atom stereocenters. The lowest BCUT2D eigenvalue weighted by molar-refractivity contribution is -0.132. The number of hydrogen-bond acceptors (Lipinski definition) is 5. The fraction of sp³-hybridized carbons (Fsp3) is 0.258. The zero-order valence-corrected chi connectivity index (χ0v) is 22.5. The van der Waals surface area contributed by atoms with Crippen LogP contribution in [0.15, 0.2) is 78.2 Å². The quantitative estimate of drug-likeness (QED) is 0.314. The van der Waals surface area contributed by atoms with Crippen LogP contribution in [0.25, 0.3) is 0 Å². The van der Waals surface area contributed by atoms with Gasteiger partial charge in [-0.3, -0.25) is 9.59 Å². The van der Waals surface area contributed by atoms with Crippen molar-refractivity contribution in [3.05, 3.63) is 117 Å². The highest BCUT2D eigenvalue weighted by atomic mass is 32.1. The number of hydrogen-bond donors (Lipinski definition) is 1. The first-order chi connectivity index (χ1) is 18.5. The molecule has 1 aliphatic heterocycles. The molecule has 7 heteroatoms. The first kappa shape index (κ1) is 25.7. The molecule has 0 saturated heterocycles. The van der Waals surface area contributed by atoms with E-state index in [0.29, 0.717) is 25.2 Å². The molecule has 194 valence electrons. The van der Waals surface area contributed by atoms with E-state index in [0.717, 1.165) is 33.9 Å². The van der Waals surface area contributed by atoms with Crippen molar-refractivity contribution in [2.45, 2.75) is 45.9 Å². The van der Waals surface area contributed by atoms with Gasteiger partial charge in [-0.25, -0.2) is 4.98 Å². The summed E-state index contributed by atoms with van der Waals surface area (Å²) in [6, 6.07) is 24.2. The molecule has 0 fully saturated rings. The van der Waals surface area contributed by atoms with E-state index in [1.165, 1.54) is 22.5 Å². The van der Waals surface area contributed by atoms with Gasteiger partial charge in [0.2, 0.25) is 5.91 Å². The fourth-order valence-corrected chi connectivity index (χ4v) is 5.44. The summed E-state index contributed by atoms with van der Waals surface area (Å²) < 4.78 is 6.12. The van der Waals surface area contributed by atoms with Gasteiger partial charge in [-0.2, -0.15) is 0 Å². The summed E-state index contributed by atoms with van der Waals surface area (Å²) in [5.74, 6) is 0.664. The van der Waals surface area contributed by atoms with Crippen molar-refractivity contribution < 1.29 is 14.3 Å². The Hall–Kier alpha value is -3.97. The third-order valence-electron chi connectivity index (χ3n) is 6.80. The minimum absolute atomic E-state index is 0.143. The predicted octanol–water partition coefficient (Wildman–Crippen LogP) is 5.84. The largest absolute Gasteiger partial charge is 0.486 e. The van der Waals surface area contributed by atoms with E-state index in [1.54, 1.807) is 5.38 Å². The van der Waals surface area contributed by atoms with Gasteiger partial charge in [0.05, 0.1) is 6.04 Å². The number of amides is 2. The highest BCUT2D eigenvalue weighted by Gasteiger charge is 2.31. The molecule has 2 amide bonds. The van der Waals surface area contributed by atoms with Crippen molar-refractivity contribution in [2.75, 3.05) is 6.54 Å². The summed E-state index contributed by atoms with van der Waals surface area (Å²) in [5, 5.41) is 5.40. The standard InChI is InChI=1S/C31H31N3O3S/c1-3-29(35)34-16-15-23-13-14-25(17-26(23)30(34)24-11-9-21(2)10-12-24)37-19-28-33-27(20-38-28)31(36)32-18-22-7-5-4-6-8-22/h4-14,17,20,30H,3,15-16,18-19H2,1-2H3,(H,32,36)/t30-/m1/s1. The number of nitrogens with zero attached hydrogens (tertiary/aromatic N) is 2. The minimum Gasteiger partial charge on any atom is -0.486 e. The first-order valence-corrected chi connectivity index (χ1v) is 13.8. The van der Waals surface area contributed by atoms with Gasteiger partial charge in [-0.05, 0) is 47.7 Å². The van der Waals surface area contributed by atoms with Crippen molar-refractivity contribution in [1.82, 2.24) is 15.2 Å². The summed E-state index contributed by atoms with van der Waals surface area (Å²) in [4.78, 5) is 31.8. The molecule has 0 aliphatic carbocycles. The smallest absolute Gasteiger partial charge is 0.271 e. The van der Waals surface area contributed by atoms with Gasteiger partial charge in [0.1, 0.15) is 23.1 Å². The number of benzene rings is 3. The molecule has 6 nitrogen and oxygen atoms in total. The second-order valence-electron chi connectivity index (χ2n) is 9.45. The molecule has 0 bridgehead atoms. The average molecular weight is 526 g/mol. The fourth-order valence-electron chi connectivity index (χ4n) is 4.76. The number of aromatic nitrogens is 1. The van der Waals surface area contributed by atoms with Crippen LogP contribution in [0.4, 0.5) is 0 Å². The molecule has 3 aromatic carbocycles. The zero-order chi connectivity index (χ0) is 26.5. The number of carbonyl (C=O) groups excluding carboxylic acids is 2. The highest BCUT2D eigenvalue weighted by Crippen LogP contribution is 2.37. The van der Waals surface area contributed by atoms with Gasteiger partial charge in [-0.1, -0.05) is 73.2 Å². The van der Waals surface area contributed by atoms with E-state index in [1.807, 2.05) is 48.2 Å². The van der Waals surface area contributed by atoms with Crippen molar-refractivity contribution in [3.8, 4) is 5.75 Å². The molecular weight excluding hydrogens is 494 g/mol. The maximum Gasteiger partial charge on any atom is 0.271 e. The number of carbonyl (C=O) groups is 2. The second kappa shape index (κ2) is 11.6. The molecular formula is C31H31N3O3S. The summed E-state index contributed by atoms with van der Waals surface area (Å²) in [6.07, 6.45) is 1.29. The molecule has 5 rings (SSSR count). The SMILES string of the molecule is CCC(=O)N1CCc2ccc(OCc3nc(C(=O)NCc4ccccc4)cs3)cc2[C@H]1c1ccc(C)cc1. The molecule has 0 spiro atoms. The monoisotopic (exact) mass is 525 g/mol. The Labute approximate surface area is 227 Å². The van der Waals surface area contributed by atoms with Crippen molar-refractivity contribution in [2.24, 2.45) is 0 Å². The van der Waals surface area contributed by atoms with Gasteiger partial charge in [-0.15, -0.1) is 11.3 Å². The van der Waals surface area contributed by atoms with E-state index < -0.39 is 0 Å². The number of fused-ring (bicyclic) bond motifs is 1. The lowest BCUT2D eigenvalue weighted by atomic mass is 9.87. The lowest BCUT2D eigenvalue weighted by Gasteiger charge is -2.38. The topological polar surface area (TPSA) is 71.5 Å². The molecule has 38 heavy (non-hydrogen) atoms. The number of nitrogens with one attached hydrogen (secondary N) is 1. The van der Waals surface area contributed by atoms with Gasteiger partial charge in [0.15, 0.2) is 0 Å². The number of rotatable bonds is 8. The normalized spacial score (nSPS) is 14.6. The summed E-state index contributed by atoms with van der Waals surface area (Å²) in [6.45, 7) is 5.40. The first-order valence-electron chi connectivity index (χ1n) is 12.9. The van der Waals surface area contributed by atoms with E-state index >= 15 is 0 Å². The Morgan fingerprint density at radius 1 is 1.08 bits per heavy atom. The van der Waals surface area contributed by atoms with Crippen molar-refractivity contribution in [3.63, 3.8) is 0 Å². The van der Waals surface area contributed by atoms with Crippen LogP contribution in [0.3, 0.4) is 0 Å². The number of aryl methyl sites for hydroxylation is 1. The number of thiazole rings is 1. The third kappa shape index (κ3) is 5.78. The van der Waals surface area contributed by atoms with Crippen LogP contribution in [0.2, 0.25) is 0 Å². The van der Waals surface area contributed by atoms with Crippen LogP contribution in [0.5, 0.6) is 5.75 Å². The highest BCUT2D eigenvalue weighted by molar-refractivity contribution is 7.09. The Kier molecular flexibility index (Phi) is 7.84. The molecule has 4 aromatic rings.